The molecule has 0 bridgehead atoms. The number of benzene rings is 3. The zero-order valence-corrected chi connectivity index (χ0v) is 23.7. The average Bonchev–Trinajstić information content (AvgIpc) is 3.77. The summed E-state index contributed by atoms with van der Waals surface area (Å²) in [7, 11) is 0. The largest absolute Gasteiger partial charge is 0.481 e. The summed E-state index contributed by atoms with van der Waals surface area (Å²) >= 11 is 0. The highest BCUT2D eigenvalue weighted by Crippen LogP contribution is 2.47. The molecule has 9 nitrogen and oxygen atoms in total. The number of para-hydroxylation sites is 1. The fourth-order valence-corrected chi connectivity index (χ4v) is 6.29. The third-order valence-electron chi connectivity index (χ3n) is 8.36. The number of aromatic nitrogens is 2. The third-order valence-corrected chi connectivity index (χ3v) is 8.36. The molecular weight excluding hydrogens is 532 g/mol. The lowest BCUT2D eigenvalue weighted by molar-refractivity contribution is -0.143. The third kappa shape index (κ3) is 5.23. The van der Waals surface area contributed by atoms with Gasteiger partial charge in [-0.1, -0.05) is 50.2 Å². The molecule has 0 saturated carbocycles. The second-order valence-corrected chi connectivity index (χ2v) is 10.7. The number of anilines is 1. The van der Waals surface area contributed by atoms with Crippen LogP contribution in [0.2, 0.25) is 0 Å². The molecule has 1 unspecified atom stereocenters. The fourth-order valence-electron chi connectivity index (χ4n) is 6.29. The van der Waals surface area contributed by atoms with Crippen molar-refractivity contribution in [2.24, 2.45) is 5.92 Å². The Morgan fingerprint density at radius 2 is 1.69 bits per heavy atom. The van der Waals surface area contributed by atoms with Gasteiger partial charge in [0.1, 0.15) is 0 Å². The van der Waals surface area contributed by atoms with E-state index in [4.69, 9.17) is 9.47 Å². The van der Waals surface area contributed by atoms with Gasteiger partial charge in [-0.05, 0) is 59.4 Å². The topological polar surface area (TPSA) is 106 Å². The molecule has 4 aromatic rings. The Morgan fingerprint density at radius 3 is 2.36 bits per heavy atom. The van der Waals surface area contributed by atoms with E-state index in [-0.39, 0.29) is 25.2 Å². The first-order valence-electron chi connectivity index (χ1n) is 14.3. The normalized spacial score (nSPS) is 19.6. The lowest BCUT2D eigenvalue weighted by atomic mass is 9.82. The second-order valence-electron chi connectivity index (χ2n) is 10.7. The van der Waals surface area contributed by atoms with Crippen LogP contribution in [0.4, 0.5) is 5.69 Å². The molecule has 0 aliphatic carbocycles. The molecule has 1 saturated heterocycles. The van der Waals surface area contributed by atoms with Crippen molar-refractivity contribution < 1.29 is 24.2 Å². The standard InChI is InChI=1S/C33H34N4O5/c1-3-21-6-5-7-22(4-2)31(21)35-29(38)18-37-17-26(24-10-13-27-28(16-24)42-20-41-27)30(33(39)40)32(37)23-8-11-25(12-9-23)36-15-14-34-19-36/h5-16,19,26,30,32H,3-4,17-18,20H2,1-2H3,(H,35,38)(H,39,40)/t26-,30?,32+/m1/s1. The number of nitrogens with one attached hydrogen (secondary N) is 1. The van der Waals surface area contributed by atoms with Crippen molar-refractivity contribution in [1.82, 2.24) is 14.5 Å². The number of fused-ring (bicyclic) bond motifs is 1. The number of carbonyl (C=O) groups excluding carboxylic acids is 1. The van der Waals surface area contributed by atoms with Crippen molar-refractivity contribution in [3.05, 3.63) is 102 Å². The van der Waals surface area contributed by atoms with Crippen LogP contribution in [0.25, 0.3) is 5.69 Å². The van der Waals surface area contributed by atoms with Crippen molar-refractivity contribution >= 4 is 17.6 Å². The summed E-state index contributed by atoms with van der Waals surface area (Å²) in [4.78, 5) is 32.7. The molecule has 2 N–H and O–H groups in total. The number of carbonyl (C=O) groups is 2. The molecule has 42 heavy (non-hydrogen) atoms. The summed E-state index contributed by atoms with van der Waals surface area (Å²) in [6.45, 7) is 4.74. The van der Waals surface area contributed by atoms with E-state index in [0.717, 1.165) is 46.5 Å². The number of ether oxygens (including phenoxy) is 2. The monoisotopic (exact) mass is 566 g/mol. The number of nitrogens with zero attached hydrogens (tertiary/aromatic N) is 3. The Kier molecular flexibility index (Phi) is 7.67. The van der Waals surface area contributed by atoms with Crippen LogP contribution in [0.15, 0.2) is 79.4 Å². The number of imidazole rings is 1. The van der Waals surface area contributed by atoms with E-state index in [1.165, 1.54) is 0 Å². The van der Waals surface area contributed by atoms with Crippen molar-refractivity contribution in [1.29, 1.82) is 0 Å². The second kappa shape index (κ2) is 11.7. The van der Waals surface area contributed by atoms with Crippen LogP contribution in [0.3, 0.4) is 0 Å². The SMILES string of the molecule is CCc1cccc(CC)c1NC(=O)CN1C[C@H](c2ccc3c(c2)OCO3)C(C(=O)O)[C@@H]1c1ccc(-n2ccnc2)cc1. The Bertz CT molecular complexity index is 1560. The summed E-state index contributed by atoms with van der Waals surface area (Å²) in [6, 6.07) is 19.0. The smallest absolute Gasteiger partial charge is 0.309 e. The lowest BCUT2D eigenvalue weighted by Gasteiger charge is -2.27. The molecule has 9 heteroatoms. The minimum absolute atomic E-state index is 0.0555. The summed E-state index contributed by atoms with van der Waals surface area (Å²) in [6.07, 6.45) is 6.88. The first-order valence-corrected chi connectivity index (χ1v) is 14.3. The van der Waals surface area contributed by atoms with E-state index in [1.807, 2.05) is 76.3 Å². The summed E-state index contributed by atoms with van der Waals surface area (Å²) in [5.41, 5.74) is 5.62. The first-order chi connectivity index (χ1) is 20.5. The molecule has 3 heterocycles. The van der Waals surface area contributed by atoms with Gasteiger partial charge in [0.2, 0.25) is 12.7 Å². The number of aryl methyl sites for hydroxylation is 2. The molecular formula is C33H34N4O5. The van der Waals surface area contributed by atoms with Gasteiger partial charge in [-0.15, -0.1) is 0 Å². The maximum absolute atomic E-state index is 13.6. The van der Waals surface area contributed by atoms with Gasteiger partial charge in [-0.25, -0.2) is 4.98 Å². The lowest BCUT2D eigenvalue weighted by Crippen LogP contribution is -2.35. The molecule has 1 aromatic heterocycles. The maximum atomic E-state index is 13.6. The van der Waals surface area contributed by atoms with Gasteiger partial charge in [0.15, 0.2) is 11.5 Å². The molecule has 6 rings (SSSR count). The minimum Gasteiger partial charge on any atom is -0.481 e. The Hall–Kier alpha value is -4.63. The molecule has 216 valence electrons. The van der Waals surface area contributed by atoms with Crippen LogP contribution >= 0.6 is 0 Å². The van der Waals surface area contributed by atoms with Crippen molar-refractivity contribution in [3.63, 3.8) is 0 Å². The molecule has 3 atom stereocenters. The number of rotatable bonds is 9. The average molecular weight is 567 g/mol. The van der Waals surface area contributed by atoms with Gasteiger partial charge in [0.05, 0.1) is 18.8 Å². The van der Waals surface area contributed by atoms with Gasteiger partial charge < -0.3 is 24.5 Å². The van der Waals surface area contributed by atoms with Gasteiger partial charge in [-0.2, -0.15) is 0 Å². The maximum Gasteiger partial charge on any atom is 0.309 e. The zero-order valence-electron chi connectivity index (χ0n) is 23.7. The number of hydrogen-bond acceptors (Lipinski definition) is 6. The van der Waals surface area contributed by atoms with Crippen LogP contribution < -0.4 is 14.8 Å². The Morgan fingerprint density at radius 1 is 0.976 bits per heavy atom. The van der Waals surface area contributed by atoms with Gasteiger partial charge in [0, 0.05) is 42.3 Å². The quantitative estimate of drug-likeness (QED) is 0.287. The Labute approximate surface area is 244 Å². The summed E-state index contributed by atoms with van der Waals surface area (Å²) in [5.74, 6) is -0.969. The molecule has 1 fully saturated rings. The van der Waals surface area contributed by atoms with Crippen molar-refractivity contribution in [3.8, 4) is 17.2 Å². The zero-order chi connectivity index (χ0) is 29.2. The predicted octanol–water partition coefficient (Wildman–Crippen LogP) is 5.21. The number of aliphatic carboxylic acids is 1. The van der Waals surface area contributed by atoms with E-state index >= 15 is 0 Å². The van der Waals surface area contributed by atoms with Crippen LogP contribution in [0, 0.1) is 5.92 Å². The van der Waals surface area contributed by atoms with Gasteiger partial charge >= 0.3 is 5.97 Å². The molecule has 3 aromatic carbocycles. The van der Waals surface area contributed by atoms with Crippen molar-refractivity contribution in [2.75, 3.05) is 25.2 Å². The molecule has 2 aliphatic heterocycles. The minimum atomic E-state index is -0.908. The molecule has 0 radical (unpaired) electrons. The summed E-state index contributed by atoms with van der Waals surface area (Å²) < 4.78 is 13.0. The van der Waals surface area contributed by atoms with E-state index < -0.39 is 17.9 Å². The van der Waals surface area contributed by atoms with Gasteiger partial charge in [0.25, 0.3) is 0 Å². The number of amides is 1. The molecule has 2 aliphatic rings. The highest BCUT2D eigenvalue weighted by molar-refractivity contribution is 5.94. The Balaban J connectivity index is 1.34. The van der Waals surface area contributed by atoms with E-state index in [0.29, 0.717) is 18.0 Å². The molecule has 1 amide bonds. The van der Waals surface area contributed by atoms with E-state index in [1.54, 1.807) is 12.5 Å². The number of likely N-dealkylation sites (tertiary alicyclic amines) is 1. The van der Waals surface area contributed by atoms with E-state index in [2.05, 4.69) is 24.1 Å². The summed E-state index contributed by atoms with van der Waals surface area (Å²) in [5, 5.41) is 13.8. The van der Waals surface area contributed by atoms with Crippen LogP contribution in [0.5, 0.6) is 11.5 Å². The van der Waals surface area contributed by atoms with Crippen LogP contribution in [0.1, 0.15) is 48.1 Å². The van der Waals surface area contributed by atoms with E-state index in [9.17, 15) is 14.7 Å². The van der Waals surface area contributed by atoms with Crippen LogP contribution in [-0.2, 0) is 22.4 Å². The number of carboxylic acids is 1. The highest BCUT2D eigenvalue weighted by Gasteiger charge is 2.48. The predicted molar refractivity (Wildman–Crippen MR) is 158 cm³/mol. The molecule has 0 spiro atoms. The first kappa shape index (κ1) is 27.5. The van der Waals surface area contributed by atoms with Crippen LogP contribution in [-0.4, -0.2) is 51.3 Å². The number of carboxylic acid groups (broad SMARTS) is 1. The van der Waals surface area contributed by atoms with Crippen molar-refractivity contribution in [2.45, 2.75) is 38.6 Å². The van der Waals surface area contributed by atoms with Gasteiger partial charge in [-0.3, -0.25) is 14.5 Å². The highest BCUT2D eigenvalue weighted by atomic mass is 16.7. The number of hydrogen-bond donors (Lipinski definition) is 2. The fraction of sp³-hybridized carbons (Fsp3) is 0.303.